The summed E-state index contributed by atoms with van der Waals surface area (Å²) in [5, 5.41) is 2.73. The number of amides is 1. The molecule has 1 aliphatic rings. The maximum Gasteiger partial charge on any atom is 0.262 e. The van der Waals surface area contributed by atoms with Crippen LogP contribution in [0.4, 0.5) is 11.4 Å². The average Bonchev–Trinajstić information content (AvgIpc) is 2.35. The van der Waals surface area contributed by atoms with E-state index >= 15 is 0 Å². The van der Waals surface area contributed by atoms with E-state index in [9.17, 15) is 4.79 Å². The normalized spacial score (nSPS) is 13.7. The third-order valence-corrected chi connectivity index (χ3v) is 2.75. The van der Waals surface area contributed by atoms with Crippen LogP contribution in [0.5, 0.6) is 11.5 Å². The van der Waals surface area contributed by atoms with Crippen LogP contribution < -0.4 is 20.5 Å². The van der Waals surface area contributed by atoms with E-state index in [4.69, 9.17) is 15.2 Å². The van der Waals surface area contributed by atoms with E-state index in [1.807, 2.05) is 14.1 Å². The zero-order valence-corrected chi connectivity index (χ0v) is 11.2. The largest absolute Gasteiger partial charge is 0.491 e. The first-order valence-electron chi connectivity index (χ1n) is 6.20. The van der Waals surface area contributed by atoms with E-state index in [2.05, 4.69) is 10.2 Å². The van der Waals surface area contributed by atoms with Gasteiger partial charge in [-0.1, -0.05) is 0 Å². The van der Waals surface area contributed by atoms with Crippen molar-refractivity contribution in [3.8, 4) is 11.5 Å². The second kappa shape index (κ2) is 5.79. The summed E-state index contributed by atoms with van der Waals surface area (Å²) < 4.78 is 10.9. The van der Waals surface area contributed by atoms with Gasteiger partial charge in [-0.3, -0.25) is 4.79 Å². The number of hydrogen-bond acceptors (Lipinski definition) is 5. The van der Waals surface area contributed by atoms with E-state index in [1.54, 1.807) is 12.1 Å². The first-order valence-corrected chi connectivity index (χ1v) is 6.20. The van der Waals surface area contributed by atoms with E-state index < -0.39 is 0 Å². The quantitative estimate of drug-likeness (QED) is 0.612. The number of nitrogens with zero attached hydrogens (tertiary/aromatic N) is 1. The third kappa shape index (κ3) is 3.51. The van der Waals surface area contributed by atoms with Gasteiger partial charge in [-0.2, -0.15) is 0 Å². The van der Waals surface area contributed by atoms with Crippen molar-refractivity contribution in [1.29, 1.82) is 0 Å². The van der Waals surface area contributed by atoms with Crippen LogP contribution in [-0.2, 0) is 4.79 Å². The van der Waals surface area contributed by atoms with Gasteiger partial charge in [0.25, 0.3) is 5.91 Å². The zero-order valence-electron chi connectivity index (χ0n) is 11.2. The summed E-state index contributed by atoms with van der Waals surface area (Å²) in [6.07, 6.45) is 0.909. The standard InChI is InChI=1S/C13H19N3O3/c1-16(2)4-3-5-18-11-7-10-12(6-9(11)14)19-8-13(17)15-10/h6-7H,3-5,8,14H2,1-2H3,(H,15,17). The lowest BCUT2D eigenvalue weighted by Gasteiger charge is -2.20. The number of carbonyl (C=O) groups excluding carboxylic acids is 1. The first-order chi connectivity index (χ1) is 9.06. The highest BCUT2D eigenvalue weighted by molar-refractivity contribution is 5.96. The second-order valence-electron chi connectivity index (χ2n) is 4.73. The smallest absolute Gasteiger partial charge is 0.262 e. The van der Waals surface area contributed by atoms with Crippen LogP contribution in [0, 0.1) is 0 Å². The number of benzene rings is 1. The Labute approximate surface area is 112 Å². The predicted molar refractivity (Wildman–Crippen MR) is 73.6 cm³/mol. The molecule has 104 valence electrons. The molecule has 0 radical (unpaired) electrons. The lowest BCUT2D eigenvalue weighted by molar-refractivity contribution is -0.118. The Bertz CT molecular complexity index is 474. The van der Waals surface area contributed by atoms with Crippen molar-refractivity contribution in [3.05, 3.63) is 12.1 Å². The predicted octanol–water partition coefficient (Wildman–Crippen LogP) is 0.930. The van der Waals surface area contributed by atoms with Crippen molar-refractivity contribution in [2.75, 3.05) is 44.9 Å². The fourth-order valence-corrected chi connectivity index (χ4v) is 1.81. The molecule has 0 saturated heterocycles. The molecule has 1 aromatic rings. The summed E-state index contributed by atoms with van der Waals surface area (Å²) in [7, 11) is 4.03. The number of ether oxygens (including phenoxy) is 2. The highest BCUT2D eigenvalue weighted by Gasteiger charge is 2.18. The summed E-state index contributed by atoms with van der Waals surface area (Å²) in [5.41, 5.74) is 7.01. The second-order valence-corrected chi connectivity index (χ2v) is 4.73. The molecule has 0 saturated carbocycles. The minimum absolute atomic E-state index is 0.0233. The van der Waals surface area contributed by atoms with Crippen LogP contribution in [0.15, 0.2) is 12.1 Å². The van der Waals surface area contributed by atoms with E-state index in [0.29, 0.717) is 29.5 Å². The molecule has 0 bridgehead atoms. The van der Waals surface area contributed by atoms with Crippen molar-refractivity contribution in [2.24, 2.45) is 0 Å². The zero-order chi connectivity index (χ0) is 13.8. The maximum absolute atomic E-state index is 11.2. The van der Waals surface area contributed by atoms with Gasteiger partial charge in [-0.05, 0) is 20.5 Å². The molecule has 0 fully saturated rings. The molecule has 3 N–H and O–H groups in total. The van der Waals surface area contributed by atoms with E-state index in [-0.39, 0.29) is 12.5 Å². The topological polar surface area (TPSA) is 76.8 Å². The third-order valence-electron chi connectivity index (χ3n) is 2.75. The fourth-order valence-electron chi connectivity index (χ4n) is 1.81. The van der Waals surface area contributed by atoms with Gasteiger partial charge in [0, 0.05) is 18.7 Å². The molecule has 1 amide bonds. The number of anilines is 2. The Morgan fingerprint density at radius 2 is 2.26 bits per heavy atom. The fraction of sp³-hybridized carbons (Fsp3) is 0.462. The van der Waals surface area contributed by atoms with Crippen molar-refractivity contribution < 1.29 is 14.3 Å². The summed E-state index contributed by atoms with van der Waals surface area (Å²) in [6.45, 7) is 1.55. The van der Waals surface area contributed by atoms with Crippen LogP contribution in [-0.4, -0.2) is 44.7 Å². The number of hydrogen-bond donors (Lipinski definition) is 2. The number of rotatable bonds is 5. The van der Waals surface area contributed by atoms with Crippen molar-refractivity contribution >= 4 is 17.3 Å². The molecule has 0 spiro atoms. The van der Waals surface area contributed by atoms with Gasteiger partial charge in [0.05, 0.1) is 18.0 Å². The molecule has 2 rings (SSSR count). The van der Waals surface area contributed by atoms with Gasteiger partial charge >= 0.3 is 0 Å². The van der Waals surface area contributed by atoms with Gasteiger partial charge in [-0.15, -0.1) is 0 Å². The molecular weight excluding hydrogens is 246 g/mol. The molecule has 19 heavy (non-hydrogen) atoms. The summed E-state index contributed by atoms with van der Waals surface area (Å²) in [5.74, 6) is 0.983. The summed E-state index contributed by atoms with van der Waals surface area (Å²) in [6, 6.07) is 3.38. The SMILES string of the molecule is CN(C)CCCOc1cc2c(cc1N)OCC(=O)N2. The van der Waals surface area contributed by atoms with Crippen LogP contribution in [0.3, 0.4) is 0 Å². The van der Waals surface area contributed by atoms with E-state index in [1.165, 1.54) is 0 Å². The highest BCUT2D eigenvalue weighted by atomic mass is 16.5. The van der Waals surface area contributed by atoms with E-state index in [0.717, 1.165) is 13.0 Å². The molecular formula is C13H19N3O3. The van der Waals surface area contributed by atoms with Crippen LogP contribution in [0.2, 0.25) is 0 Å². The Morgan fingerprint density at radius 3 is 3.00 bits per heavy atom. The highest BCUT2D eigenvalue weighted by Crippen LogP contribution is 2.36. The summed E-state index contributed by atoms with van der Waals surface area (Å²) >= 11 is 0. The number of carbonyl (C=O) groups is 1. The van der Waals surface area contributed by atoms with Crippen molar-refractivity contribution in [3.63, 3.8) is 0 Å². The minimum Gasteiger partial charge on any atom is -0.491 e. The van der Waals surface area contributed by atoms with Crippen LogP contribution >= 0.6 is 0 Å². The minimum atomic E-state index is -0.171. The Kier molecular flexibility index (Phi) is 4.11. The van der Waals surface area contributed by atoms with Crippen LogP contribution in [0.1, 0.15) is 6.42 Å². The average molecular weight is 265 g/mol. The molecule has 1 aromatic carbocycles. The molecule has 6 nitrogen and oxygen atoms in total. The number of nitrogens with two attached hydrogens (primary N) is 1. The summed E-state index contributed by atoms with van der Waals surface area (Å²) in [4.78, 5) is 13.3. The molecule has 1 aliphatic heterocycles. The Morgan fingerprint density at radius 1 is 1.47 bits per heavy atom. The number of fused-ring (bicyclic) bond motifs is 1. The van der Waals surface area contributed by atoms with Crippen LogP contribution in [0.25, 0.3) is 0 Å². The Hall–Kier alpha value is -1.95. The lowest BCUT2D eigenvalue weighted by atomic mass is 10.2. The van der Waals surface area contributed by atoms with Gasteiger partial charge < -0.3 is 25.4 Å². The lowest BCUT2D eigenvalue weighted by Crippen LogP contribution is -2.25. The first kappa shape index (κ1) is 13.5. The molecule has 0 atom stereocenters. The van der Waals surface area contributed by atoms with Gasteiger partial charge in [0.1, 0.15) is 11.5 Å². The molecule has 6 heteroatoms. The van der Waals surface area contributed by atoms with Gasteiger partial charge in [0.2, 0.25) is 0 Å². The number of nitrogens with one attached hydrogen (secondary N) is 1. The van der Waals surface area contributed by atoms with Crippen molar-refractivity contribution in [2.45, 2.75) is 6.42 Å². The van der Waals surface area contributed by atoms with Gasteiger partial charge in [-0.25, -0.2) is 0 Å². The monoisotopic (exact) mass is 265 g/mol. The molecule has 1 heterocycles. The van der Waals surface area contributed by atoms with Gasteiger partial charge in [0.15, 0.2) is 6.61 Å². The molecule has 0 aliphatic carbocycles. The molecule has 0 unspecified atom stereocenters. The van der Waals surface area contributed by atoms with Crippen molar-refractivity contribution in [1.82, 2.24) is 4.90 Å². The Balaban J connectivity index is 2.01. The molecule has 0 aromatic heterocycles. The maximum atomic E-state index is 11.2. The number of nitrogen functional groups attached to an aromatic ring is 1.